The van der Waals surface area contributed by atoms with Crippen LogP contribution in [0, 0.1) is 10.1 Å². The molecule has 0 radical (unpaired) electrons. The lowest BCUT2D eigenvalue weighted by molar-refractivity contribution is -0.384. The van der Waals surface area contributed by atoms with E-state index in [0.29, 0.717) is 0 Å². The molecule has 116 valence electrons. The Hall–Kier alpha value is -2.04. The number of carbonyl (C=O) groups is 1. The van der Waals surface area contributed by atoms with E-state index in [1.807, 2.05) is 0 Å². The third kappa shape index (κ3) is 5.10. The van der Waals surface area contributed by atoms with Crippen LogP contribution in [0.25, 0.3) is 0 Å². The van der Waals surface area contributed by atoms with Crippen molar-refractivity contribution in [2.24, 2.45) is 5.73 Å². The normalized spacial score (nSPS) is 12.7. The number of rotatable bonds is 7. The van der Waals surface area contributed by atoms with Gasteiger partial charge in [0.25, 0.3) is 5.69 Å². The quantitative estimate of drug-likeness (QED) is 0.346. The van der Waals surface area contributed by atoms with Crippen molar-refractivity contribution in [1.29, 1.82) is 0 Å². The van der Waals surface area contributed by atoms with Crippen LogP contribution in [0.3, 0.4) is 0 Å². The average Bonchev–Trinajstić information content (AvgIpc) is 2.43. The topological polar surface area (TPSA) is 144 Å². The van der Waals surface area contributed by atoms with E-state index in [1.54, 1.807) is 0 Å². The molecule has 0 spiro atoms. The van der Waals surface area contributed by atoms with Crippen molar-refractivity contribution in [2.45, 2.75) is 17.9 Å². The van der Waals surface area contributed by atoms with Gasteiger partial charge < -0.3 is 11.1 Å². The third-order valence-corrected chi connectivity index (χ3v) is 3.96. The van der Waals surface area contributed by atoms with Gasteiger partial charge in [-0.15, -0.1) is 0 Å². The van der Waals surface area contributed by atoms with Crippen molar-refractivity contribution in [3.63, 3.8) is 0 Å². The first kappa shape index (κ1) is 17.0. The van der Waals surface area contributed by atoms with Crippen molar-refractivity contribution in [3.8, 4) is 0 Å². The van der Waals surface area contributed by atoms with Crippen LogP contribution in [-0.2, 0) is 14.8 Å². The summed E-state index contributed by atoms with van der Waals surface area (Å²) in [5.74, 6) is -0.385. The lowest BCUT2D eigenvalue weighted by atomic mass is 10.3. The van der Waals surface area contributed by atoms with Crippen LogP contribution >= 0.6 is 0 Å². The minimum atomic E-state index is -3.78. The molecule has 0 aromatic heterocycles. The second-order valence-corrected chi connectivity index (χ2v) is 6.00. The SMILES string of the molecule is C[C@@H](N)C(=O)NCCNS(=O)(=O)c1ccc([N+](=O)[O-])cc1. The first-order valence-electron chi connectivity index (χ1n) is 6.01. The highest BCUT2D eigenvalue weighted by Crippen LogP contribution is 2.15. The fourth-order valence-corrected chi connectivity index (χ4v) is 2.39. The molecule has 10 heteroatoms. The van der Waals surface area contributed by atoms with E-state index in [2.05, 4.69) is 10.0 Å². The summed E-state index contributed by atoms with van der Waals surface area (Å²) in [5.41, 5.74) is 5.13. The van der Waals surface area contributed by atoms with Crippen molar-refractivity contribution >= 4 is 21.6 Å². The molecule has 0 aliphatic heterocycles. The van der Waals surface area contributed by atoms with Gasteiger partial charge in [0.15, 0.2) is 0 Å². The maximum atomic E-state index is 11.9. The summed E-state index contributed by atoms with van der Waals surface area (Å²) in [7, 11) is -3.78. The van der Waals surface area contributed by atoms with E-state index in [0.717, 1.165) is 24.3 Å². The minimum absolute atomic E-state index is 0.0161. The first-order valence-corrected chi connectivity index (χ1v) is 7.50. The Bertz CT molecular complexity index is 612. The van der Waals surface area contributed by atoms with E-state index in [9.17, 15) is 23.3 Å². The molecule has 0 saturated carbocycles. The highest BCUT2D eigenvalue weighted by molar-refractivity contribution is 7.89. The van der Waals surface area contributed by atoms with Crippen LogP contribution < -0.4 is 15.8 Å². The number of sulfonamides is 1. The zero-order valence-electron chi connectivity index (χ0n) is 11.3. The Balaban J connectivity index is 2.57. The van der Waals surface area contributed by atoms with Gasteiger partial charge in [-0.05, 0) is 19.1 Å². The van der Waals surface area contributed by atoms with Crippen molar-refractivity contribution in [2.75, 3.05) is 13.1 Å². The third-order valence-electron chi connectivity index (χ3n) is 2.49. The molecule has 0 saturated heterocycles. The van der Waals surface area contributed by atoms with Gasteiger partial charge in [-0.1, -0.05) is 0 Å². The second kappa shape index (κ2) is 7.11. The predicted octanol–water partition coefficient (Wildman–Crippen LogP) is -0.663. The Morgan fingerprint density at radius 3 is 2.38 bits per heavy atom. The van der Waals surface area contributed by atoms with Crippen molar-refractivity contribution in [3.05, 3.63) is 34.4 Å². The van der Waals surface area contributed by atoms with Gasteiger partial charge >= 0.3 is 0 Å². The molecule has 0 bridgehead atoms. The molecule has 0 heterocycles. The lowest BCUT2D eigenvalue weighted by Crippen LogP contribution is -2.41. The molecule has 1 atom stereocenters. The van der Waals surface area contributed by atoms with Crippen molar-refractivity contribution < 1.29 is 18.1 Å². The van der Waals surface area contributed by atoms with E-state index in [-0.39, 0.29) is 29.6 Å². The zero-order valence-corrected chi connectivity index (χ0v) is 12.1. The number of nitrogens with two attached hydrogens (primary N) is 1. The average molecular weight is 316 g/mol. The maximum Gasteiger partial charge on any atom is 0.269 e. The van der Waals surface area contributed by atoms with Gasteiger partial charge in [-0.3, -0.25) is 14.9 Å². The van der Waals surface area contributed by atoms with Gasteiger partial charge in [-0.25, -0.2) is 13.1 Å². The molecule has 1 aromatic rings. The fraction of sp³-hybridized carbons (Fsp3) is 0.364. The maximum absolute atomic E-state index is 11.9. The van der Waals surface area contributed by atoms with Gasteiger partial charge in [0, 0.05) is 25.2 Å². The molecule has 4 N–H and O–H groups in total. The molecule has 21 heavy (non-hydrogen) atoms. The van der Waals surface area contributed by atoms with Gasteiger partial charge in [-0.2, -0.15) is 0 Å². The molecule has 0 aliphatic rings. The molecular formula is C11H16N4O5S. The Kier molecular flexibility index (Phi) is 5.76. The molecule has 0 fully saturated rings. The molecule has 0 unspecified atom stereocenters. The van der Waals surface area contributed by atoms with E-state index in [4.69, 9.17) is 5.73 Å². The first-order chi connectivity index (χ1) is 9.74. The van der Waals surface area contributed by atoms with Crippen LogP contribution in [0.5, 0.6) is 0 Å². The van der Waals surface area contributed by atoms with Crippen LogP contribution in [0.4, 0.5) is 5.69 Å². The number of carbonyl (C=O) groups excluding carboxylic acids is 1. The largest absolute Gasteiger partial charge is 0.353 e. The number of benzene rings is 1. The Morgan fingerprint density at radius 1 is 1.33 bits per heavy atom. The Morgan fingerprint density at radius 2 is 1.90 bits per heavy atom. The standard InChI is InChI=1S/C11H16N4O5S/c1-8(12)11(16)13-6-7-14-21(19,20)10-4-2-9(3-5-10)15(17)18/h2-5,8,14H,6-7,12H2,1H3,(H,13,16)/t8-/m1/s1. The summed E-state index contributed by atoms with van der Waals surface area (Å²) in [6.07, 6.45) is 0. The predicted molar refractivity (Wildman–Crippen MR) is 74.9 cm³/mol. The number of amides is 1. The molecular weight excluding hydrogens is 300 g/mol. The highest BCUT2D eigenvalue weighted by atomic mass is 32.2. The number of hydrogen-bond acceptors (Lipinski definition) is 6. The summed E-state index contributed by atoms with van der Waals surface area (Å²) in [6.45, 7) is 1.58. The molecule has 9 nitrogen and oxygen atoms in total. The van der Waals surface area contributed by atoms with E-state index >= 15 is 0 Å². The summed E-state index contributed by atoms with van der Waals surface area (Å²) in [4.78, 5) is 20.9. The zero-order chi connectivity index (χ0) is 16.0. The molecule has 1 aromatic carbocycles. The number of nitro benzene ring substituents is 1. The van der Waals surface area contributed by atoms with Gasteiger partial charge in [0.1, 0.15) is 0 Å². The molecule has 1 amide bonds. The summed E-state index contributed by atoms with van der Waals surface area (Å²) < 4.78 is 26.0. The van der Waals surface area contributed by atoms with Crippen LogP contribution in [-0.4, -0.2) is 38.4 Å². The Labute approximate surface area is 121 Å². The smallest absolute Gasteiger partial charge is 0.269 e. The number of nitrogens with zero attached hydrogens (tertiary/aromatic N) is 1. The van der Waals surface area contributed by atoms with Gasteiger partial charge in [0.2, 0.25) is 15.9 Å². The summed E-state index contributed by atoms with van der Waals surface area (Å²) in [6, 6.07) is 3.82. The van der Waals surface area contributed by atoms with Crippen LogP contribution in [0.2, 0.25) is 0 Å². The fourth-order valence-electron chi connectivity index (χ4n) is 1.36. The number of nitrogens with one attached hydrogen (secondary N) is 2. The van der Waals surface area contributed by atoms with Crippen LogP contribution in [0.15, 0.2) is 29.2 Å². The van der Waals surface area contributed by atoms with E-state index < -0.39 is 21.0 Å². The number of non-ortho nitro benzene ring substituents is 1. The summed E-state index contributed by atoms with van der Waals surface area (Å²) in [5, 5.41) is 12.9. The van der Waals surface area contributed by atoms with Crippen molar-refractivity contribution in [1.82, 2.24) is 10.0 Å². The molecule has 0 aliphatic carbocycles. The second-order valence-electron chi connectivity index (χ2n) is 4.23. The van der Waals surface area contributed by atoms with Gasteiger partial charge in [0.05, 0.1) is 15.9 Å². The summed E-state index contributed by atoms with van der Waals surface area (Å²) >= 11 is 0. The number of nitro groups is 1. The lowest BCUT2D eigenvalue weighted by Gasteiger charge is -2.09. The highest BCUT2D eigenvalue weighted by Gasteiger charge is 2.15. The number of hydrogen-bond donors (Lipinski definition) is 3. The van der Waals surface area contributed by atoms with Crippen LogP contribution in [0.1, 0.15) is 6.92 Å². The minimum Gasteiger partial charge on any atom is -0.353 e. The monoisotopic (exact) mass is 316 g/mol. The van der Waals surface area contributed by atoms with E-state index in [1.165, 1.54) is 6.92 Å². The molecule has 1 rings (SSSR count).